The zero-order valence-electron chi connectivity index (χ0n) is 9.43. The second kappa shape index (κ2) is 4.08. The van der Waals surface area contributed by atoms with Crippen LogP contribution in [0.5, 0.6) is 0 Å². The number of aryl methyl sites for hydroxylation is 1. The molecule has 0 aromatic carbocycles. The van der Waals surface area contributed by atoms with Gasteiger partial charge in [-0.05, 0) is 32.6 Å². The first kappa shape index (κ1) is 10.9. The third kappa shape index (κ3) is 2.29. The Balaban J connectivity index is 2.15. The van der Waals surface area contributed by atoms with Gasteiger partial charge in [0.05, 0.1) is 11.0 Å². The van der Waals surface area contributed by atoms with Crippen molar-refractivity contribution in [1.29, 1.82) is 0 Å². The number of rotatable bonds is 4. The summed E-state index contributed by atoms with van der Waals surface area (Å²) in [5.41, 5.74) is 0.718. The molecule has 16 heavy (non-hydrogen) atoms. The molecule has 0 saturated heterocycles. The van der Waals surface area contributed by atoms with Crippen LogP contribution in [0.3, 0.4) is 0 Å². The minimum atomic E-state index is -0.371. The highest BCUT2D eigenvalue weighted by atomic mass is 16.6. The Kier molecular flexibility index (Phi) is 2.77. The van der Waals surface area contributed by atoms with E-state index in [1.165, 1.54) is 18.9 Å². The van der Waals surface area contributed by atoms with Crippen LogP contribution in [0, 0.1) is 23.0 Å². The second-order valence-electron chi connectivity index (χ2n) is 4.38. The van der Waals surface area contributed by atoms with Crippen molar-refractivity contribution in [2.45, 2.75) is 32.7 Å². The lowest BCUT2D eigenvalue weighted by Crippen LogP contribution is -2.18. The van der Waals surface area contributed by atoms with E-state index in [1.807, 2.05) is 0 Å². The van der Waals surface area contributed by atoms with E-state index in [0.29, 0.717) is 23.3 Å². The molecule has 0 spiro atoms. The summed E-state index contributed by atoms with van der Waals surface area (Å²) in [6.07, 6.45) is 4.02. The summed E-state index contributed by atoms with van der Waals surface area (Å²) in [5.74, 6) is 1.29. The summed E-state index contributed by atoms with van der Waals surface area (Å²) in [5, 5.41) is 14.0. The Morgan fingerprint density at radius 3 is 2.88 bits per heavy atom. The van der Waals surface area contributed by atoms with Gasteiger partial charge in [0.2, 0.25) is 0 Å². The zero-order chi connectivity index (χ0) is 11.7. The lowest BCUT2D eigenvalue weighted by Gasteiger charge is -2.13. The van der Waals surface area contributed by atoms with E-state index in [9.17, 15) is 10.1 Å². The van der Waals surface area contributed by atoms with E-state index in [1.54, 1.807) is 13.1 Å². The molecular weight excluding hydrogens is 206 g/mol. The van der Waals surface area contributed by atoms with Crippen LogP contribution in [-0.2, 0) is 0 Å². The first-order valence-electron chi connectivity index (χ1n) is 5.45. The van der Waals surface area contributed by atoms with Crippen molar-refractivity contribution >= 4 is 11.5 Å². The summed E-state index contributed by atoms with van der Waals surface area (Å²) >= 11 is 0. The van der Waals surface area contributed by atoms with Gasteiger partial charge in [-0.1, -0.05) is 0 Å². The number of hydrogen-bond acceptors (Lipinski definition) is 4. The molecular formula is C11H15N3O2. The fourth-order valence-corrected chi connectivity index (χ4v) is 1.74. The number of pyridine rings is 1. The van der Waals surface area contributed by atoms with Crippen LogP contribution in [0.25, 0.3) is 0 Å². The Labute approximate surface area is 94.0 Å². The van der Waals surface area contributed by atoms with E-state index in [-0.39, 0.29) is 10.6 Å². The zero-order valence-corrected chi connectivity index (χ0v) is 9.43. The molecule has 1 aliphatic carbocycles. The van der Waals surface area contributed by atoms with Crippen LogP contribution in [-0.4, -0.2) is 15.9 Å². The van der Waals surface area contributed by atoms with Crippen molar-refractivity contribution in [2.24, 2.45) is 5.92 Å². The first-order chi connectivity index (χ1) is 7.58. The number of anilines is 1. The lowest BCUT2D eigenvalue weighted by atomic mass is 10.2. The topological polar surface area (TPSA) is 68.1 Å². The molecule has 1 heterocycles. The van der Waals surface area contributed by atoms with E-state index in [0.717, 1.165) is 0 Å². The van der Waals surface area contributed by atoms with E-state index in [4.69, 9.17) is 0 Å². The normalized spacial score (nSPS) is 16.9. The molecule has 5 nitrogen and oxygen atoms in total. The SMILES string of the molecule is Cc1cnc(NC(C)C2CC2)cc1[N+](=O)[O-]. The van der Waals surface area contributed by atoms with Crippen LogP contribution in [0.2, 0.25) is 0 Å². The van der Waals surface area contributed by atoms with Crippen LogP contribution in [0.1, 0.15) is 25.3 Å². The predicted octanol–water partition coefficient (Wildman–Crippen LogP) is 2.51. The fraction of sp³-hybridized carbons (Fsp3) is 0.545. The average molecular weight is 221 g/mol. The maximum Gasteiger partial charge on any atom is 0.277 e. The Morgan fingerprint density at radius 1 is 1.62 bits per heavy atom. The van der Waals surface area contributed by atoms with Gasteiger partial charge in [-0.3, -0.25) is 10.1 Å². The van der Waals surface area contributed by atoms with Crippen molar-refractivity contribution in [3.63, 3.8) is 0 Å². The van der Waals surface area contributed by atoms with Gasteiger partial charge in [-0.15, -0.1) is 0 Å². The summed E-state index contributed by atoms with van der Waals surface area (Å²) in [7, 11) is 0. The van der Waals surface area contributed by atoms with Crippen LogP contribution < -0.4 is 5.32 Å². The second-order valence-corrected chi connectivity index (χ2v) is 4.38. The van der Waals surface area contributed by atoms with Crippen molar-refractivity contribution in [1.82, 2.24) is 4.98 Å². The average Bonchev–Trinajstić information content (AvgIpc) is 3.03. The Morgan fingerprint density at radius 2 is 2.31 bits per heavy atom. The third-order valence-electron chi connectivity index (χ3n) is 2.98. The van der Waals surface area contributed by atoms with Crippen LogP contribution in [0.4, 0.5) is 11.5 Å². The highest BCUT2D eigenvalue weighted by molar-refractivity contribution is 5.49. The molecule has 0 radical (unpaired) electrons. The molecule has 1 aliphatic rings. The molecule has 1 N–H and O–H groups in total. The molecule has 2 rings (SSSR count). The highest BCUT2D eigenvalue weighted by Crippen LogP contribution is 2.34. The van der Waals surface area contributed by atoms with Crippen molar-refractivity contribution in [3.8, 4) is 0 Å². The standard InChI is InChI=1S/C11H15N3O2/c1-7-6-12-11(5-10(7)14(15)16)13-8(2)9-3-4-9/h5-6,8-9H,3-4H2,1-2H3,(H,12,13). The molecule has 0 amide bonds. The molecule has 1 atom stereocenters. The van der Waals surface area contributed by atoms with E-state index >= 15 is 0 Å². The van der Waals surface area contributed by atoms with Crippen molar-refractivity contribution in [2.75, 3.05) is 5.32 Å². The van der Waals surface area contributed by atoms with Crippen LogP contribution >= 0.6 is 0 Å². The molecule has 1 saturated carbocycles. The quantitative estimate of drug-likeness (QED) is 0.626. The molecule has 1 unspecified atom stereocenters. The summed E-state index contributed by atoms with van der Waals surface area (Å²) in [6, 6.07) is 1.85. The number of nitro groups is 1. The number of hydrogen-bond donors (Lipinski definition) is 1. The molecule has 1 aromatic heterocycles. The number of nitrogens with one attached hydrogen (secondary N) is 1. The van der Waals surface area contributed by atoms with Gasteiger partial charge >= 0.3 is 0 Å². The van der Waals surface area contributed by atoms with Gasteiger partial charge in [0.25, 0.3) is 5.69 Å². The molecule has 0 bridgehead atoms. The molecule has 86 valence electrons. The van der Waals surface area contributed by atoms with E-state index < -0.39 is 0 Å². The maximum absolute atomic E-state index is 10.8. The monoisotopic (exact) mass is 221 g/mol. The smallest absolute Gasteiger partial charge is 0.277 e. The van der Waals surface area contributed by atoms with Gasteiger partial charge in [0, 0.05) is 17.8 Å². The number of aromatic nitrogens is 1. The third-order valence-corrected chi connectivity index (χ3v) is 2.98. The van der Waals surface area contributed by atoms with Crippen molar-refractivity contribution < 1.29 is 4.92 Å². The Bertz CT molecular complexity index is 416. The lowest BCUT2D eigenvalue weighted by molar-refractivity contribution is -0.385. The predicted molar refractivity (Wildman–Crippen MR) is 61.4 cm³/mol. The Hall–Kier alpha value is -1.65. The van der Waals surface area contributed by atoms with E-state index in [2.05, 4.69) is 17.2 Å². The summed E-state index contributed by atoms with van der Waals surface area (Å²) < 4.78 is 0. The van der Waals surface area contributed by atoms with Gasteiger partial charge < -0.3 is 5.32 Å². The van der Waals surface area contributed by atoms with Gasteiger partial charge in [0.1, 0.15) is 5.82 Å². The summed E-state index contributed by atoms with van der Waals surface area (Å²) in [6.45, 7) is 3.78. The van der Waals surface area contributed by atoms with Gasteiger partial charge in [0.15, 0.2) is 0 Å². The van der Waals surface area contributed by atoms with Crippen LogP contribution in [0.15, 0.2) is 12.3 Å². The minimum absolute atomic E-state index is 0.125. The molecule has 1 fully saturated rings. The molecule has 0 aliphatic heterocycles. The maximum atomic E-state index is 10.8. The minimum Gasteiger partial charge on any atom is -0.367 e. The van der Waals surface area contributed by atoms with Gasteiger partial charge in [-0.2, -0.15) is 0 Å². The number of nitrogens with zero attached hydrogens (tertiary/aromatic N) is 2. The van der Waals surface area contributed by atoms with Gasteiger partial charge in [-0.25, -0.2) is 4.98 Å². The summed E-state index contributed by atoms with van der Waals surface area (Å²) in [4.78, 5) is 14.5. The fourth-order valence-electron chi connectivity index (χ4n) is 1.74. The highest BCUT2D eigenvalue weighted by Gasteiger charge is 2.28. The molecule has 5 heteroatoms. The molecule has 1 aromatic rings. The largest absolute Gasteiger partial charge is 0.367 e. The van der Waals surface area contributed by atoms with Crippen molar-refractivity contribution in [3.05, 3.63) is 27.9 Å². The first-order valence-corrected chi connectivity index (χ1v) is 5.45.